The Morgan fingerprint density at radius 3 is 2.44 bits per heavy atom. The average molecular weight is 368 g/mol. The number of rotatable bonds is 6. The Hall–Kier alpha value is -2.72. The minimum absolute atomic E-state index is 0.105. The Morgan fingerprint density at radius 2 is 1.81 bits per heavy atom. The molecular weight excluding hydrogens is 344 g/mol. The molecule has 0 saturated carbocycles. The van der Waals surface area contributed by atoms with Crippen LogP contribution in [0.4, 0.5) is 5.82 Å². The Morgan fingerprint density at radius 1 is 1.15 bits per heavy atom. The third kappa shape index (κ3) is 4.52. The van der Waals surface area contributed by atoms with Gasteiger partial charge >= 0.3 is 5.97 Å². The molecule has 1 atom stereocenters. The van der Waals surface area contributed by atoms with Crippen LogP contribution in [-0.2, 0) is 14.3 Å². The van der Waals surface area contributed by atoms with Crippen LogP contribution < -0.4 is 4.90 Å². The van der Waals surface area contributed by atoms with Crippen molar-refractivity contribution in [3.05, 3.63) is 30.0 Å². The Kier molecular flexibility index (Phi) is 6.55. The van der Waals surface area contributed by atoms with E-state index in [0.29, 0.717) is 17.0 Å². The van der Waals surface area contributed by atoms with Crippen LogP contribution in [0.2, 0.25) is 0 Å². The number of methoxy groups -OCH3 is 1. The molecule has 142 valence electrons. The Balaban J connectivity index is 2.01. The first-order chi connectivity index (χ1) is 13.2. The highest BCUT2D eigenvalue weighted by molar-refractivity contribution is 5.85. The zero-order valence-corrected chi connectivity index (χ0v) is 15.6. The fourth-order valence-corrected chi connectivity index (χ4v) is 3.25. The summed E-state index contributed by atoms with van der Waals surface area (Å²) in [5.41, 5.74) is 1.79. The van der Waals surface area contributed by atoms with Crippen LogP contribution in [0.25, 0.3) is 11.0 Å². The van der Waals surface area contributed by atoms with Crippen molar-refractivity contribution in [2.45, 2.75) is 31.6 Å². The number of fused-ring (bicyclic) bond motifs is 1. The van der Waals surface area contributed by atoms with Gasteiger partial charge in [0.1, 0.15) is 12.3 Å². The van der Waals surface area contributed by atoms with Crippen LogP contribution in [0.1, 0.15) is 37.3 Å². The molecular formula is C20H24N4O3. The molecule has 7 heteroatoms. The molecule has 7 nitrogen and oxygen atoms in total. The molecule has 1 fully saturated rings. The summed E-state index contributed by atoms with van der Waals surface area (Å²) < 4.78 is 10.1. The molecule has 0 N–H and O–H groups in total. The lowest BCUT2D eigenvalue weighted by Crippen LogP contribution is -2.29. The predicted octanol–water partition coefficient (Wildman–Crippen LogP) is 2.81. The van der Waals surface area contributed by atoms with Gasteiger partial charge in [0.25, 0.3) is 0 Å². The smallest absolute Gasteiger partial charge is 0.329 e. The number of benzene rings is 1. The van der Waals surface area contributed by atoms with Gasteiger partial charge in [-0.25, -0.2) is 9.97 Å². The fraction of sp³-hybridized carbons (Fsp3) is 0.500. The van der Waals surface area contributed by atoms with Crippen molar-refractivity contribution >= 4 is 22.8 Å². The van der Waals surface area contributed by atoms with Crippen LogP contribution in [-0.4, -0.2) is 49.4 Å². The summed E-state index contributed by atoms with van der Waals surface area (Å²) in [6.07, 6.45) is 4.47. The predicted molar refractivity (Wildman–Crippen MR) is 101 cm³/mol. The van der Waals surface area contributed by atoms with E-state index in [9.17, 15) is 10.1 Å². The van der Waals surface area contributed by atoms with Crippen molar-refractivity contribution < 1.29 is 14.3 Å². The summed E-state index contributed by atoms with van der Waals surface area (Å²) in [4.78, 5) is 24.1. The molecule has 1 aliphatic rings. The molecule has 1 aliphatic heterocycles. The summed E-state index contributed by atoms with van der Waals surface area (Å²) in [7, 11) is 1.53. The maximum atomic E-state index is 12.5. The number of para-hydroxylation sites is 2. The van der Waals surface area contributed by atoms with Crippen LogP contribution in [0.5, 0.6) is 0 Å². The molecule has 1 aromatic heterocycles. The first-order valence-corrected chi connectivity index (χ1v) is 9.31. The maximum absolute atomic E-state index is 12.5. The van der Waals surface area contributed by atoms with Gasteiger partial charge in [-0.05, 0) is 25.0 Å². The number of aromatic nitrogens is 2. The second-order valence-electron chi connectivity index (χ2n) is 6.54. The van der Waals surface area contributed by atoms with E-state index in [2.05, 4.69) is 16.0 Å². The van der Waals surface area contributed by atoms with Gasteiger partial charge in [0.15, 0.2) is 11.7 Å². The van der Waals surface area contributed by atoms with Gasteiger partial charge in [0, 0.05) is 20.2 Å². The number of carbonyl (C=O) groups excluding carboxylic acids is 1. The lowest BCUT2D eigenvalue weighted by Gasteiger charge is -2.25. The minimum Gasteiger partial charge on any atom is -0.462 e. The van der Waals surface area contributed by atoms with E-state index in [1.165, 1.54) is 20.0 Å². The second kappa shape index (κ2) is 9.28. The van der Waals surface area contributed by atoms with Crippen LogP contribution >= 0.6 is 0 Å². The van der Waals surface area contributed by atoms with Crippen molar-refractivity contribution in [1.82, 2.24) is 9.97 Å². The quantitative estimate of drug-likeness (QED) is 0.572. The highest BCUT2D eigenvalue weighted by atomic mass is 16.6. The molecule has 0 radical (unpaired) electrons. The summed E-state index contributed by atoms with van der Waals surface area (Å²) in [6.45, 7) is 2.08. The van der Waals surface area contributed by atoms with Gasteiger partial charge in [0.2, 0.25) is 0 Å². The Bertz CT molecular complexity index is 826. The van der Waals surface area contributed by atoms with Crippen LogP contribution in [0.3, 0.4) is 0 Å². The Labute approximate surface area is 158 Å². The SMILES string of the molecule is COCCOC(=O)[C@@H](C#N)c1nc2ccccc2nc1N1CCCCCC1. The number of nitrogens with zero attached hydrogens (tertiary/aromatic N) is 4. The second-order valence-corrected chi connectivity index (χ2v) is 6.54. The molecule has 2 heterocycles. The number of nitriles is 1. The number of hydrogen-bond donors (Lipinski definition) is 0. The van der Waals surface area contributed by atoms with Crippen LogP contribution in [0.15, 0.2) is 24.3 Å². The number of anilines is 1. The molecule has 1 saturated heterocycles. The van der Waals surface area contributed by atoms with E-state index in [0.717, 1.165) is 31.4 Å². The van der Waals surface area contributed by atoms with Gasteiger partial charge in [-0.3, -0.25) is 4.79 Å². The van der Waals surface area contributed by atoms with Gasteiger partial charge in [-0.1, -0.05) is 25.0 Å². The largest absolute Gasteiger partial charge is 0.462 e. The van der Waals surface area contributed by atoms with E-state index in [1.54, 1.807) is 0 Å². The number of esters is 1. The lowest BCUT2D eigenvalue weighted by atomic mass is 10.1. The topological polar surface area (TPSA) is 88.3 Å². The monoisotopic (exact) mass is 368 g/mol. The molecule has 0 aliphatic carbocycles. The minimum atomic E-state index is -1.11. The lowest BCUT2D eigenvalue weighted by molar-refractivity contribution is -0.145. The first-order valence-electron chi connectivity index (χ1n) is 9.31. The zero-order valence-electron chi connectivity index (χ0n) is 15.6. The van der Waals surface area contributed by atoms with Crippen molar-refractivity contribution in [1.29, 1.82) is 5.26 Å². The highest BCUT2D eigenvalue weighted by Gasteiger charge is 2.30. The van der Waals surface area contributed by atoms with E-state index >= 15 is 0 Å². The molecule has 1 aromatic carbocycles. The summed E-state index contributed by atoms with van der Waals surface area (Å²) >= 11 is 0. The molecule has 0 unspecified atom stereocenters. The zero-order chi connectivity index (χ0) is 19.1. The molecule has 27 heavy (non-hydrogen) atoms. The normalized spacial score (nSPS) is 15.8. The van der Waals surface area contributed by atoms with E-state index in [1.807, 2.05) is 24.3 Å². The van der Waals surface area contributed by atoms with E-state index in [-0.39, 0.29) is 13.2 Å². The van der Waals surface area contributed by atoms with E-state index < -0.39 is 11.9 Å². The first kappa shape index (κ1) is 19.1. The third-order valence-electron chi connectivity index (χ3n) is 4.65. The van der Waals surface area contributed by atoms with Gasteiger partial charge in [-0.2, -0.15) is 5.26 Å². The molecule has 0 amide bonds. The number of ether oxygens (including phenoxy) is 2. The van der Waals surface area contributed by atoms with Gasteiger partial charge in [0.05, 0.1) is 23.7 Å². The van der Waals surface area contributed by atoms with Crippen molar-refractivity contribution in [2.24, 2.45) is 0 Å². The van der Waals surface area contributed by atoms with Crippen LogP contribution in [0, 0.1) is 11.3 Å². The van der Waals surface area contributed by atoms with E-state index in [4.69, 9.17) is 14.5 Å². The maximum Gasteiger partial charge on any atom is 0.329 e. The third-order valence-corrected chi connectivity index (χ3v) is 4.65. The summed E-state index contributed by atoms with van der Waals surface area (Å²) in [6, 6.07) is 9.56. The highest BCUT2D eigenvalue weighted by Crippen LogP contribution is 2.29. The fourth-order valence-electron chi connectivity index (χ4n) is 3.25. The number of carbonyl (C=O) groups is 1. The van der Waals surface area contributed by atoms with Crippen molar-refractivity contribution in [3.63, 3.8) is 0 Å². The van der Waals surface area contributed by atoms with Crippen molar-refractivity contribution in [3.8, 4) is 6.07 Å². The average Bonchev–Trinajstić information content (AvgIpc) is 2.97. The molecule has 2 aromatic rings. The molecule has 3 rings (SSSR count). The number of hydrogen-bond acceptors (Lipinski definition) is 7. The van der Waals surface area contributed by atoms with Gasteiger partial charge in [-0.15, -0.1) is 0 Å². The van der Waals surface area contributed by atoms with Gasteiger partial charge < -0.3 is 14.4 Å². The summed E-state index contributed by atoms with van der Waals surface area (Å²) in [5.74, 6) is -1.11. The standard InChI is InChI=1S/C20H24N4O3/c1-26-12-13-27-20(25)15(14-21)18-19(24-10-6-2-3-7-11-24)23-17-9-5-4-8-16(17)22-18/h4-5,8-9,15H,2-3,6-7,10-13H2,1H3/t15-/m0/s1. The molecule has 0 bridgehead atoms. The molecule has 0 spiro atoms. The summed E-state index contributed by atoms with van der Waals surface area (Å²) in [5, 5.41) is 9.69. The van der Waals surface area contributed by atoms with Crippen molar-refractivity contribution in [2.75, 3.05) is 38.3 Å².